The van der Waals surface area contributed by atoms with E-state index in [1.54, 1.807) is 24.3 Å². The topological polar surface area (TPSA) is 80.8 Å². The molecule has 0 bridgehead atoms. The van der Waals surface area contributed by atoms with Crippen molar-refractivity contribution in [3.63, 3.8) is 0 Å². The predicted molar refractivity (Wildman–Crippen MR) is 119 cm³/mol. The van der Waals surface area contributed by atoms with E-state index < -0.39 is 20.1 Å². The van der Waals surface area contributed by atoms with Gasteiger partial charge < -0.3 is 0 Å². The second-order valence-electron chi connectivity index (χ2n) is 8.27. The number of aryl methyl sites for hydroxylation is 1. The summed E-state index contributed by atoms with van der Waals surface area (Å²) in [6.45, 7) is 9.88. The Hall–Kier alpha value is -1.74. The maximum Gasteiger partial charge on any atom is 0.297 e. The van der Waals surface area contributed by atoms with Gasteiger partial charge in [0.2, 0.25) is 10.0 Å². The maximum absolute atomic E-state index is 13.1. The molecular weight excluding hydrogens is 422 g/mol. The molecule has 0 N–H and O–H groups in total. The molecule has 0 saturated carbocycles. The Labute approximate surface area is 181 Å². The lowest BCUT2D eigenvalue weighted by Gasteiger charge is -2.23. The molecule has 0 spiro atoms. The van der Waals surface area contributed by atoms with Gasteiger partial charge in [-0.1, -0.05) is 57.5 Å². The second-order valence-corrected chi connectivity index (χ2v) is 11.8. The van der Waals surface area contributed by atoms with Crippen molar-refractivity contribution in [1.82, 2.24) is 4.31 Å². The summed E-state index contributed by atoms with van der Waals surface area (Å²) in [6.07, 6.45) is 0.601. The zero-order valence-corrected chi connectivity index (χ0v) is 19.9. The Morgan fingerprint density at radius 3 is 1.87 bits per heavy atom. The highest BCUT2D eigenvalue weighted by molar-refractivity contribution is 7.89. The van der Waals surface area contributed by atoms with Crippen LogP contribution in [0.1, 0.15) is 45.2 Å². The lowest BCUT2D eigenvalue weighted by Crippen LogP contribution is -2.35. The van der Waals surface area contributed by atoms with Crippen molar-refractivity contribution in [3.8, 4) is 0 Å². The molecule has 2 aromatic rings. The van der Waals surface area contributed by atoms with Crippen molar-refractivity contribution in [2.45, 2.75) is 56.2 Å². The number of hydrogen-bond donors (Lipinski definition) is 0. The molecule has 2 rings (SSSR count). The highest BCUT2D eigenvalue weighted by Crippen LogP contribution is 2.25. The summed E-state index contributed by atoms with van der Waals surface area (Å²) in [4.78, 5) is 0.237. The van der Waals surface area contributed by atoms with Crippen LogP contribution in [0.15, 0.2) is 58.3 Å². The average molecular weight is 454 g/mol. The Kier molecular flexibility index (Phi) is 7.85. The standard InChI is InChI=1S/C22H31NO5S2/c1-6-15-23(16-17-28-30(26,27)21-11-7-18(2)8-12-21)29(24,25)20-13-9-19(10-14-20)22(3,4)5/h7-14H,6,15-17H2,1-5H3. The minimum atomic E-state index is -3.94. The van der Waals surface area contributed by atoms with Crippen molar-refractivity contribution in [1.29, 1.82) is 0 Å². The molecule has 0 aliphatic rings. The molecule has 2 aromatic carbocycles. The van der Waals surface area contributed by atoms with E-state index >= 15 is 0 Å². The molecule has 0 aliphatic heterocycles. The van der Waals surface area contributed by atoms with E-state index in [4.69, 9.17) is 4.18 Å². The highest BCUT2D eigenvalue weighted by atomic mass is 32.2. The third-order valence-electron chi connectivity index (χ3n) is 4.72. The smallest absolute Gasteiger partial charge is 0.265 e. The first-order valence-electron chi connectivity index (χ1n) is 9.95. The fourth-order valence-corrected chi connectivity index (χ4v) is 5.31. The van der Waals surface area contributed by atoms with Crippen LogP contribution in [0.4, 0.5) is 0 Å². The quantitative estimate of drug-likeness (QED) is 0.534. The highest BCUT2D eigenvalue weighted by Gasteiger charge is 2.25. The molecule has 0 amide bonds. The van der Waals surface area contributed by atoms with Crippen molar-refractivity contribution in [3.05, 3.63) is 59.7 Å². The summed E-state index contributed by atoms with van der Waals surface area (Å²) < 4.78 is 57.2. The summed E-state index contributed by atoms with van der Waals surface area (Å²) in [5.41, 5.74) is 1.89. The number of rotatable bonds is 9. The summed E-state index contributed by atoms with van der Waals surface area (Å²) in [5, 5.41) is 0. The van der Waals surface area contributed by atoms with Gasteiger partial charge in [-0.25, -0.2) is 8.42 Å². The first-order valence-corrected chi connectivity index (χ1v) is 12.8. The number of sulfonamides is 1. The van der Waals surface area contributed by atoms with Crippen LogP contribution < -0.4 is 0 Å². The number of hydrogen-bond acceptors (Lipinski definition) is 5. The number of nitrogens with zero attached hydrogens (tertiary/aromatic N) is 1. The van der Waals surface area contributed by atoms with Gasteiger partial charge in [-0.2, -0.15) is 12.7 Å². The Balaban J connectivity index is 2.13. The van der Waals surface area contributed by atoms with Crippen LogP contribution in [0.25, 0.3) is 0 Å². The summed E-state index contributed by atoms with van der Waals surface area (Å²) in [7, 11) is -7.70. The third kappa shape index (κ3) is 6.14. The summed E-state index contributed by atoms with van der Waals surface area (Å²) >= 11 is 0. The first kappa shape index (κ1) is 24.5. The van der Waals surface area contributed by atoms with Gasteiger partial charge in [0.1, 0.15) is 0 Å². The average Bonchev–Trinajstić information content (AvgIpc) is 2.67. The second kappa shape index (κ2) is 9.60. The largest absolute Gasteiger partial charge is 0.297 e. The Bertz CT molecular complexity index is 1040. The molecule has 30 heavy (non-hydrogen) atoms. The monoisotopic (exact) mass is 453 g/mol. The van der Waals surface area contributed by atoms with Crippen LogP contribution in [0.2, 0.25) is 0 Å². The zero-order valence-electron chi connectivity index (χ0n) is 18.3. The van der Waals surface area contributed by atoms with Crippen LogP contribution >= 0.6 is 0 Å². The predicted octanol–water partition coefficient (Wildman–Crippen LogP) is 4.10. The van der Waals surface area contributed by atoms with Gasteiger partial charge in [0, 0.05) is 13.1 Å². The molecule has 0 unspecified atom stereocenters. The van der Waals surface area contributed by atoms with Gasteiger partial charge in [0.05, 0.1) is 16.4 Å². The van der Waals surface area contributed by atoms with Crippen molar-refractivity contribution in [2.75, 3.05) is 19.7 Å². The fourth-order valence-electron chi connectivity index (χ4n) is 2.90. The van der Waals surface area contributed by atoms with Gasteiger partial charge in [-0.3, -0.25) is 4.18 Å². The summed E-state index contributed by atoms with van der Waals surface area (Å²) in [5.74, 6) is 0. The molecule has 0 radical (unpaired) electrons. The zero-order chi connectivity index (χ0) is 22.6. The van der Waals surface area contributed by atoms with Crippen LogP contribution in [-0.4, -0.2) is 40.8 Å². The van der Waals surface area contributed by atoms with Crippen LogP contribution in [0.5, 0.6) is 0 Å². The molecule has 8 heteroatoms. The molecule has 0 atom stereocenters. The molecular formula is C22H31NO5S2. The normalized spacial score (nSPS) is 13.0. The fraction of sp³-hybridized carbons (Fsp3) is 0.455. The van der Waals surface area contributed by atoms with Crippen LogP contribution in [0.3, 0.4) is 0 Å². The molecule has 0 heterocycles. The van der Waals surface area contributed by atoms with Gasteiger partial charge in [-0.05, 0) is 48.6 Å². The SMILES string of the molecule is CCCN(CCOS(=O)(=O)c1ccc(C)cc1)S(=O)(=O)c1ccc(C(C)(C)C)cc1. The van der Waals surface area contributed by atoms with E-state index in [0.29, 0.717) is 6.42 Å². The first-order chi connectivity index (χ1) is 13.9. The molecule has 0 aromatic heterocycles. The van der Waals surface area contributed by atoms with E-state index in [0.717, 1.165) is 11.1 Å². The molecule has 0 fully saturated rings. The molecule has 166 valence electrons. The van der Waals surface area contributed by atoms with Crippen molar-refractivity contribution < 1.29 is 21.0 Å². The number of benzene rings is 2. The third-order valence-corrected chi connectivity index (χ3v) is 7.96. The molecule has 0 aliphatic carbocycles. The lowest BCUT2D eigenvalue weighted by atomic mass is 9.87. The molecule has 6 nitrogen and oxygen atoms in total. The lowest BCUT2D eigenvalue weighted by molar-refractivity contribution is 0.275. The van der Waals surface area contributed by atoms with E-state index in [1.165, 1.54) is 16.4 Å². The van der Waals surface area contributed by atoms with E-state index in [2.05, 4.69) is 20.8 Å². The maximum atomic E-state index is 13.1. The van der Waals surface area contributed by atoms with Gasteiger partial charge in [0.25, 0.3) is 10.1 Å². The van der Waals surface area contributed by atoms with Gasteiger partial charge in [0.15, 0.2) is 0 Å². The van der Waals surface area contributed by atoms with E-state index in [1.807, 2.05) is 26.0 Å². The van der Waals surface area contributed by atoms with Crippen molar-refractivity contribution in [2.24, 2.45) is 0 Å². The van der Waals surface area contributed by atoms with Crippen LogP contribution in [-0.2, 0) is 29.7 Å². The molecule has 0 saturated heterocycles. The van der Waals surface area contributed by atoms with Gasteiger partial charge >= 0.3 is 0 Å². The Morgan fingerprint density at radius 1 is 0.833 bits per heavy atom. The minimum Gasteiger partial charge on any atom is -0.265 e. The summed E-state index contributed by atoms with van der Waals surface area (Å²) in [6, 6.07) is 13.1. The van der Waals surface area contributed by atoms with E-state index in [-0.39, 0.29) is 34.9 Å². The van der Waals surface area contributed by atoms with Gasteiger partial charge in [-0.15, -0.1) is 0 Å². The van der Waals surface area contributed by atoms with E-state index in [9.17, 15) is 16.8 Å². The minimum absolute atomic E-state index is 0.0516. The van der Waals surface area contributed by atoms with Crippen LogP contribution in [0, 0.1) is 6.92 Å². The Morgan fingerprint density at radius 2 is 1.37 bits per heavy atom. The van der Waals surface area contributed by atoms with Crippen molar-refractivity contribution >= 4 is 20.1 Å².